The van der Waals surface area contributed by atoms with Gasteiger partial charge in [0, 0.05) is 22.5 Å². The van der Waals surface area contributed by atoms with E-state index in [0.717, 1.165) is 15.7 Å². The Morgan fingerprint density at radius 1 is 1.15 bits per heavy atom. The van der Waals surface area contributed by atoms with E-state index in [0.29, 0.717) is 17.0 Å². The Balaban J connectivity index is 1.83. The molecule has 1 atom stereocenters. The third-order valence-electron chi connectivity index (χ3n) is 4.68. The molecule has 2 heterocycles. The van der Waals surface area contributed by atoms with Crippen molar-refractivity contribution in [2.24, 2.45) is 0 Å². The van der Waals surface area contributed by atoms with Gasteiger partial charge in [0.1, 0.15) is 12.4 Å². The summed E-state index contributed by atoms with van der Waals surface area (Å²) < 4.78 is 11.4. The number of hydrogen-bond acceptors (Lipinski definition) is 4. The molecule has 2 aromatic carbocycles. The first-order valence-corrected chi connectivity index (χ1v) is 9.00. The zero-order valence-corrected chi connectivity index (χ0v) is 15.7. The number of benzene rings is 2. The van der Waals surface area contributed by atoms with E-state index in [-0.39, 0.29) is 30.8 Å². The second-order valence-corrected chi connectivity index (χ2v) is 7.09. The van der Waals surface area contributed by atoms with Gasteiger partial charge >= 0.3 is 5.97 Å². The van der Waals surface area contributed by atoms with Gasteiger partial charge in [0.05, 0.1) is 18.4 Å². The average Bonchev–Trinajstić information content (AvgIpc) is 3.02. The molecule has 0 fully saturated rings. The Morgan fingerprint density at radius 3 is 2.73 bits per heavy atom. The predicted molar refractivity (Wildman–Crippen MR) is 100.0 cm³/mol. The van der Waals surface area contributed by atoms with Crippen molar-refractivity contribution >= 4 is 33.5 Å². The molecule has 0 N–H and O–H groups in total. The number of nitrogens with zero attached hydrogens (tertiary/aromatic N) is 1. The molecule has 1 amide bonds. The molecule has 2 aromatic rings. The Hall–Kier alpha value is -2.60. The van der Waals surface area contributed by atoms with Crippen LogP contribution in [0.4, 0.5) is 5.69 Å². The minimum Gasteiger partial charge on any atom is -0.497 e. The molecule has 0 aromatic heterocycles. The molecule has 0 bridgehead atoms. The molecule has 0 spiro atoms. The van der Waals surface area contributed by atoms with Gasteiger partial charge in [-0.05, 0) is 35.9 Å². The van der Waals surface area contributed by atoms with Crippen LogP contribution in [0.3, 0.4) is 0 Å². The van der Waals surface area contributed by atoms with E-state index >= 15 is 0 Å². The van der Waals surface area contributed by atoms with Gasteiger partial charge < -0.3 is 9.47 Å². The van der Waals surface area contributed by atoms with Crippen molar-refractivity contribution in [1.82, 2.24) is 0 Å². The highest BCUT2D eigenvalue weighted by Gasteiger charge is 2.43. The Kier molecular flexibility index (Phi) is 4.28. The minimum absolute atomic E-state index is 0.0621. The maximum absolute atomic E-state index is 13.0. The van der Waals surface area contributed by atoms with E-state index < -0.39 is 0 Å². The lowest BCUT2D eigenvalue weighted by Gasteiger charge is -2.32. The van der Waals surface area contributed by atoms with Crippen LogP contribution in [0.2, 0.25) is 0 Å². The summed E-state index contributed by atoms with van der Waals surface area (Å²) >= 11 is 3.43. The van der Waals surface area contributed by atoms with Gasteiger partial charge in [-0.1, -0.05) is 34.1 Å². The molecule has 4 rings (SSSR count). The second kappa shape index (κ2) is 6.61. The lowest BCUT2D eigenvalue weighted by molar-refractivity contribution is -0.136. The average molecular weight is 414 g/mol. The maximum atomic E-state index is 13.0. The molecule has 0 unspecified atom stereocenters. The van der Waals surface area contributed by atoms with Gasteiger partial charge in [0.25, 0.3) is 0 Å². The van der Waals surface area contributed by atoms with E-state index in [2.05, 4.69) is 15.9 Å². The number of methoxy groups -OCH3 is 1. The lowest BCUT2D eigenvalue weighted by Crippen LogP contribution is -2.37. The normalized spacial score (nSPS) is 19.5. The highest BCUT2D eigenvalue weighted by Crippen LogP contribution is 2.42. The molecule has 0 saturated heterocycles. The number of amides is 1. The number of anilines is 1. The summed E-state index contributed by atoms with van der Waals surface area (Å²) in [6, 6.07) is 14.9. The number of esters is 1. The fourth-order valence-corrected chi connectivity index (χ4v) is 3.90. The number of hydrogen-bond donors (Lipinski definition) is 0. The number of cyclic esters (lactones) is 1. The largest absolute Gasteiger partial charge is 0.497 e. The van der Waals surface area contributed by atoms with Crippen molar-refractivity contribution in [2.45, 2.75) is 12.3 Å². The molecule has 0 aliphatic carbocycles. The first-order valence-electron chi connectivity index (χ1n) is 8.21. The van der Waals surface area contributed by atoms with Crippen LogP contribution in [0.15, 0.2) is 64.3 Å². The van der Waals surface area contributed by atoms with Crippen molar-refractivity contribution in [3.63, 3.8) is 0 Å². The van der Waals surface area contributed by atoms with Crippen molar-refractivity contribution < 1.29 is 19.1 Å². The highest BCUT2D eigenvalue weighted by molar-refractivity contribution is 9.10. The molecule has 5 nitrogen and oxygen atoms in total. The topological polar surface area (TPSA) is 55.8 Å². The zero-order valence-electron chi connectivity index (χ0n) is 14.1. The van der Waals surface area contributed by atoms with E-state index in [9.17, 15) is 9.59 Å². The van der Waals surface area contributed by atoms with Crippen molar-refractivity contribution in [3.8, 4) is 5.75 Å². The summed E-state index contributed by atoms with van der Waals surface area (Å²) in [6.07, 6.45) is 0.202. The minimum atomic E-state index is -0.361. The van der Waals surface area contributed by atoms with Crippen molar-refractivity contribution in [2.75, 3.05) is 18.6 Å². The smallest absolute Gasteiger partial charge is 0.336 e. The summed E-state index contributed by atoms with van der Waals surface area (Å²) in [7, 11) is 1.59. The summed E-state index contributed by atoms with van der Waals surface area (Å²) in [5.41, 5.74) is 2.77. The zero-order chi connectivity index (χ0) is 18.3. The van der Waals surface area contributed by atoms with Crippen LogP contribution >= 0.6 is 15.9 Å². The van der Waals surface area contributed by atoms with Crippen LogP contribution in [-0.4, -0.2) is 25.6 Å². The molecule has 2 aliphatic heterocycles. The lowest BCUT2D eigenvalue weighted by atomic mass is 9.84. The summed E-state index contributed by atoms with van der Waals surface area (Å²) in [5, 5.41) is 0. The summed E-state index contributed by atoms with van der Waals surface area (Å²) in [5.74, 6) is -0.0582. The first kappa shape index (κ1) is 16.8. The second-order valence-electron chi connectivity index (χ2n) is 6.18. The van der Waals surface area contributed by atoms with Crippen LogP contribution in [0.1, 0.15) is 17.9 Å². The molecule has 0 radical (unpaired) electrons. The van der Waals surface area contributed by atoms with E-state index in [1.54, 1.807) is 12.0 Å². The quantitative estimate of drug-likeness (QED) is 0.718. The number of ether oxygens (including phenoxy) is 2. The van der Waals surface area contributed by atoms with Gasteiger partial charge in [-0.3, -0.25) is 9.69 Å². The Morgan fingerprint density at radius 2 is 1.96 bits per heavy atom. The monoisotopic (exact) mass is 413 g/mol. The molecule has 2 aliphatic rings. The number of halogens is 1. The summed E-state index contributed by atoms with van der Waals surface area (Å²) in [6.45, 7) is 0.104. The van der Waals surface area contributed by atoms with Crippen LogP contribution in [0.25, 0.3) is 0 Å². The molecule has 132 valence electrons. The number of carbonyl (C=O) groups is 2. The molecular weight excluding hydrogens is 398 g/mol. The van der Waals surface area contributed by atoms with Crippen LogP contribution < -0.4 is 9.64 Å². The fourth-order valence-electron chi connectivity index (χ4n) is 3.51. The van der Waals surface area contributed by atoms with Gasteiger partial charge in [-0.25, -0.2) is 4.79 Å². The maximum Gasteiger partial charge on any atom is 0.336 e. The van der Waals surface area contributed by atoms with Gasteiger partial charge in [0.15, 0.2) is 0 Å². The molecule has 6 heteroatoms. The van der Waals surface area contributed by atoms with Gasteiger partial charge in [0.2, 0.25) is 5.91 Å². The standard InChI is InChI=1S/C20H16BrNO4/c1-25-15-7-2-4-12(8-15)16-10-18(23)22(14-6-3-5-13(21)9-14)17-11-26-20(24)19(16)17/h2-9,16H,10-11H2,1H3/t16-/m0/s1. The molecular formula is C20H16BrNO4. The van der Waals surface area contributed by atoms with Gasteiger partial charge in [-0.2, -0.15) is 0 Å². The first-order chi connectivity index (χ1) is 12.6. The Labute approximate surface area is 159 Å². The van der Waals surface area contributed by atoms with E-state index in [1.807, 2.05) is 48.5 Å². The van der Waals surface area contributed by atoms with E-state index in [4.69, 9.17) is 9.47 Å². The van der Waals surface area contributed by atoms with E-state index in [1.165, 1.54) is 0 Å². The van der Waals surface area contributed by atoms with Crippen LogP contribution in [0, 0.1) is 0 Å². The SMILES string of the molecule is COc1cccc([C@@H]2CC(=O)N(c3cccc(Br)c3)C3=C2C(=O)OC3)c1. The third kappa shape index (κ3) is 2.80. The summed E-state index contributed by atoms with van der Waals surface area (Å²) in [4.78, 5) is 27.0. The van der Waals surface area contributed by atoms with Gasteiger partial charge in [-0.15, -0.1) is 0 Å². The van der Waals surface area contributed by atoms with Crippen LogP contribution in [0.5, 0.6) is 5.75 Å². The number of carbonyl (C=O) groups excluding carboxylic acids is 2. The Bertz CT molecular complexity index is 937. The van der Waals surface area contributed by atoms with Crippen molar-refractivity contribution in [1.29, 1.82) is 0 Å². The fraction of sp³-hybridized carbons (Fsp3) is 0.200. The molecule has 26 heavy (non-hydrogen) atoms. The predicted octanol–water partition coefficient (Wildman–Crippen LogP) is 3.79. The third-order valence-corrected chi connectivity index (χ3v) is 5.17. The highest BCUT2D eigenvalue weighted by atomic mass is 79.9. The molecule has 0 saturated carbocycles. The number of rotatable bonds is 3. The van der Waals surface area contributed by atoms with Crippen LogP contribution in [-0.2, 0) is 14.3 Å². The van der Waals surface area contributed by atoms with Crippen molar-refractivity contribution in [3.05, 3.63) is 69.8 Å².